The number of ether oxygens (including phenoxy) is 1. The van der Waals surface area contributed by atoms with Crippen LogP contribution in [-0.4, -0.2) is 56.9 Å². The molecule has 1 heterocycles. The number of sulfonamides is 1. The van der Waals surface area contributed by atoms with Crippen LogP contribution in [0.5, 0.6) is 0 Å². The van der Waals surface area contributed by atoms with Crippen LogP contribution in [0.2, 0.25) is 0 Å². The van der Waals surface area contributed by atoms with Crippen molar-refractivity contribution in [3.8, 4) is 0 Å². The van der Waals surface area contributed by atoms with Crippen LogP contribution in [0.25, 0.3) is 0 Å². The van der Waals surface area contributed by atoms with Crippen molar-refractivity contribution < 1.29 is 13.2 Å². The molecule has 1 saturated carbocycles. The second-order valence-electron chi connectivity index (χ2n) is 6.40. The maximum Gasteiger partial charge on any atom is 0.215 e. The molecule has 0 radical (unpaired) electrons. The molecule has 0 aromatic carbocycles. The summed E-state index contributed by atoms with van der Waals surface area (Å²) in [6.07, 6.45) is 1.44. The van der Waals surface area contributed by atoms with Crippen molar-refractivity contribution in [2.24, 2.45) is 11.3 Å². The highest BCUT2D eigenvalue weighted by Gasteiger charge is 2.58. The van der Waals surface area contributed by atoms with Crippen molar-refractivity contribution in [2.75, 3.05) is 32.0 Å². The fourth-order valence-corrected chi connectivity index (χ4v) is 5.25. The van der Waals surface area contributed by atoms with E-state index in [-0.39, 0.29) is 11.2 Å². The Balaban J connectivity index is 1.85. The van der Waals surface area contributed by atoms with Crippen molar-refractivity contribution in [2.45, 2.75) is 46.3 Å². The SMILES string of the molecule is CCN(CC)S(=O)(=O)CCN[C@@H]1[C@@H]2CCO[C@@H]2C1(C)C. The van der Waals surface area contributed by atoms with Crippen LogP contribution < -0.4 is 5.32 Å². The molecule has 5 nitrogen and oxygen atoms in total. The molecule has 3 atom stereocenters. The molecule has 2 rings (SSSR count). The minimum atomic E-state index is -3.12. The van der Waals surface area contributed by atoms with Crippen LogP contribution in [0.1, 0.15) is 34.1 Å². The molecule has 6 heteroatoms. The molecule has 0 spiro atoms. The number of nitrogens with one attached hydrogen (secondary N) is 1. The third-order valence-electron chi connectivity index (χ3n) is 4.92. The van der Waals surface area contributed by atoms with E-state index >= 15 is 0 Å². The van der Waals surface area contributed by atoms with Crippen molar-refractivity contribution in [3.63, 3.8) is 0 Å². The van der Waals surface area contributed by atoms with Crippen molar-refractivity contribution in [3.05, 3.63) is 0 Å². The Morgan fingerprint density at radius 2 is 1.95 bits per heavy atom. The molecule has 1 aliphatic carbocycles. The molecule has 2 aliphatic rings. The van der Waals surface area contributed by atoms with E-state index in [1.165, 1.54) is 4.31 Å². The molecule has 0 bridgehead atoms. The van der Waals surface area contributed by atoms with Crippen LogP contribution in [0.3, 0.4) is 0 Å². The summed E-state index contributed by atoms with van der Waals surface area (Å²) >= 11 is 0. The lowest BCUT2D eigenvalue weighted by Gasteiger charge is -2.55. The molecule has 0 unspecified atom stereocenters. The summed E-state index contributed by atoms with van der Waals surface area (Å²) in [6, 6.07) is 0.377. The van der Waals surface area contributed by atoms with Gasteiger partial charge in [0, 0.05) is 43.6 Å². The van der Waals surface area contributed by atoms with E-state index in [1.54, 1.807) is 0 Å². The van der Waals surface area contributed by atoms with Gasteiger partial charge in [-0.15, -0.1) is 0 Å². The van der Waals surface area contributed by atoms with Gasteiger partial charge in [-0.1, -0.05) is 27.7 Å². The zero-order valence-corrected chi connectivity index (χ0v) is 13.9. The van der Waals surface area contributed by atoms with Crippen LogP contribution in [0.4, 0.5) is 0 Å². The molecule has 0 aromatic heterocycles. The van der Waals surface area contributed by atoms with E-state index in [1.807, 2.05) is 13.8 Å². The molecular weight excluding hydrogens is 276 g/mol. The first-order chi connectivity index (χ1) is 9.34. The van der Waals surface area contributed by atoms with Gasteiger partial charge in [-0.25, -0.2) is 12.7 Å². The summed E-state index contributed by atoms with van der Waals surface area (Å²) in [5.41, 5.74) is 0.111. The zero-order chi connectivity index (χ0) is 15.0. The number of nitrogens with zero attached hydrogens (tertiary/aromatic N) is 1. The van der Waals surface area contributed by atoms with Crippen LogP contribution >= 0.6 is 0 Å². The minimum absolute atomic E-state index is 0.111. The number of rotatable bonds is 7. The van der Waals surface area contributed by atoms with Crippen LogP contribution in [0.15, 0.2) is 0 Å². The molecule has 1 saturated heterocycles. The highest BCUT2D eigenvalue weighted by atomic mass is 32.2. The average Bonchev–Trinajstić information content (AvgIpc) is 2.82. The van der Waals surface area contributed by atoms with Crippen molar-refractivity contribution in [1.82, 2.24) is 9.62 Å². The van der Waals surface area contributed by atoms with E-state index in [4.69, 9.17) is 4.74 Å². The summed E-state index contributed by atoms with van der Waals surface area (Å²) < 4.78 is 31.5. The maximum atomic E-state index is 12.1. The van der Waals surface area contributed by atoms with Gasteiger partial charge in [-0.3, -0.25) is 0 Å². The fraction of sp³-hybridized carbons (Fsp3) is 1.00. The summed E-state index contributed by atoms with van der Waals surface area (Å²) in [5, 5.41) is 3.45. The van der Waals surface area contributed by atoms with E-state index in [0.717, 1.165) is 13.0 Å². The lowest BCUT2D eigenvalue weighted by Crippen LogP contribution is -2.66. The second-order valence-corrected chi connectivity index (χ2v) is 8.49. The molecular formula is C14H28N2O3S. The average molecular weight is 304 g/mol. The molecule has 0 amide bonds. The van der Waals surface area contributed by atoms with Crippen LogP contribution in [-0.2, 0) is 14.8 Å². The molecule has 20 heavy (non-hydrogen) atoms. The number of hydrogen-bond donors (Lipinski definition) is 1. The van der Waals surface area contributed by atoms with E-state index in [9.17, 15) is 8.42 Å². The van der Waals surface area contributed by atoms with Gasteiger partial charge < -0.3 is 10.1 Å². The fourth-order valence-electron chi connectivity index (χ4n) is 3.83. The van der Waals surface area contributed by atoms with Gasteiger partial charge >= 0.3 is 0 Å². The maximum absolute atomic E-state index is 12.1. The third kappa shape index (κ3) is 2.75. The van der Waals surface area contributed by atoms with Gasteiger partial charge in [0.15, 0.2) is 0 Å². The standard InChI is InChI=1S/C14H28N2O3S/c1-5-16(6-2)20(17,18)10-8-15-12-11-7-9-19-13(11)14(12,3)4/h11-13,15H,5-10H2,1-4H3/t11-,12+,13-/m0/s1. The Labute approximate surface area is 123 Å². The van der Waals surface area contributed by atoms with E-state index < -0.39 is 10.0 Å². The predicted octanol–water partition coefficient (Wildman–Crippen LogP) is 1.06. The molecule has 1 aliphatic heterocycles. The van der Waals surface area contributed by atoms with Gasteiger partial charge in [0.25, 0.3) is 0 Å². The van der Waals surface area contributed by atoms with Gasteiger partial charge in [0.1, 0.15) is 0 Å². The largest absolute Gasteiger partial charge is 0.377 e. The molecule has 2 fully saturated rings. The Kier molecular flexibility index (Phi) is 4.79. The molecule has 118 valence electrons. The topological polar surface area (TPSA) is 58.6 Å². The van der Waals surface area contributed by atoms with Crippen molar-refractivity contribution in [1.29, 1.82) is 0 Å². The molecule has 1 N–H and O–H groups in total. The zero-order valence-electron chi connectivity index (χ0n) is 13.1. The van der Waals surface area contributed by atoms with Gasteiger partial charge in [0.05, 0.1) is 11.9 Å². The van der Waals surface area contributed by atoms with Gasteiger partial charge in [-0.2, -0.15) is 0 Å². The number of hydrogen-bond acceptors (Lipinski definition) is 4. The van der Waals surface area contributed by atoms with Crippen LogP contribution in [0, 0.1) is 11.3 Å². The minimum Gasteiger partial charge on any atom is -0.377 e. The van der Waals surface area contributed by atoms with Crippen molar-refractivity contribution >= 4 is 10.0 Å². The second kappa shape index (κ2) is 5.91. The lowest BCUT2D eigenvalue weighted by molar-refractivity contribution is -0.111. The smallest absolute Gasteiger partial charge is 0.215 e. The van der Waals surface area contributed by atoms with Gasteiger partial charge in [0.2, 0.25) is 10.0 Å². The highest BCUT2D eigenvalue weighted by molar-refractivity contribution is 7.89. The van der Waals surface area contributed by atoms with E-state index in [2.05, 4.69) is 19.2 Å². The summed E-state index contributed by atoms with van der Waals surface area (Å²) in [5.74, 6) is 0.737. The quantitative estimate of drug-likeness (QED) is 0.764. The number of fused-ring (bicyclic) bond motifs is 1. The Morgan fingerprint density at radius 3 is 2.55 bits per heavy atom. The predicted molar refractivity (Wildman–Crippen MR) is 80.1 cm³/mol. The Morgan fingerprint density at radius 1 is 1.30 bits per heavy atom. The lowest BCUT2D eigenvalue weighted by atomic mass is 9.57. The monoisotopic (exact) mass is 304 g/mol. The first-order valence-electron chi connectivity index (χ1n) is 7.67. The normalized spacial score (nSPS) is 32.1. The first kappa shape index (κ1) is 16.2. The first-order valence-corrected chi connectivity index (χ1v) is 9.28. The summed E-state index contributed by atoms with van der Waals surface area (Å²) in [6.45, 7) is 10.6. The molecule has 0 aromatic rings. The highest BCUT2D eigenvalue weighted by Crippen LogP contribution is 2.51. The summed E-state index contributed by atoms with van der Waals surface area (Å²) in [4.78, 5) is 0. The third-order valence-corrected chi connectivity index (χ3v) is 6.95. The van der Waals surface area contributed by atoms with Gasteiger partial charge in [-0.05, 0) is 6.42 Å². The summed E-state index contributed by atoms with van der Waals surface area (Å²) in [7, 11) is -3.12. The Bertz CT molecular complexity index is 432. The van der Waals surface area contributed by atoms with E-state index in [0.29, 0.717) is 37.7 Å². The Hall–Kier alpha value is -0.170.